The maximum atomic E-state index is 13.0. The number of urea groups is 1. The number of imide groups is 1. The van der Waals surface area contributed by atoms with Crippen molar-refractivity contribution in [3.63, 3.8) is 0 Å². The number of aryl methyl sites for hydroxylation is 7. The Morgan fingerprint density at radius 3 is 1.35 bits per heavy atom. The summed E-state index contributed by atoms with van der Waals surface area (Å²) >= 11 is 0. The molecule has 680 valence electrons. The number of ether oxygens (including phenoxy) is 4. The molecule has 0 saturated carbocycles. The van der Waals surface area contributed by atoms with Crippen LogP contribution in [-0.2, 0) is 99.4 Å². The smallest absolute Gasteiger partial charge is 0.397 e. The molecule has 0 N–H and O–H groups in total. The van der Waals surface area contributed by atoms with Gasteiger partial charge in [-0.25, -0.2) is 33.4 Å². The SMILES string of the molecule is CCCn1c(=O)c2c(nc3n2CCCN3Cc2ccccc2)n(C)c1=O.CCn1c(=O)c2c(nc3n2CCCN3Cc2ccc(OC)cc2)n(C)c1=O.COc1ccc(N2CC(C)Cn3c2nc2c3c(=O)n(C)c(=O)n2C)cc1.COc1ccc(N2CCCn3c2nc2c3c(=O)n(C)c(=O)n2C)cc1.COc1cccc(N2CC(C)C[N+]3=C2N=C2C3C(=O)N(C)C(=O)N2C)c1. The van der Waals surface area contributed by atoms with E-state index in [9.17, 15) is 47.9 Å². The van der Waals surface area contributed by atoms with Crippen molar-refractivity contribution in [3.8, 4) is 23.0 Å². The van der Waals surface area contributed by atoms with E-state index >= 15 is 0 Å². The molecule has 0 radical (unpaired) electrons. The van der Waals surface area contributed by atoms with Gasteiger partial charge in [-0.2, -0.15) is 19.9 Å². The quantitative estimate of drug-likeness (QED) is 0.111. The van der Waals surface area contributed by atoms with Gasteiger partial charge < -0.3 is 56.8 Å². The van der Waals surface area contributed by atoms with Gasteiger partial charge in [-0.15, -0.1) is 0 Å². The van der Waals surface area contributed by atoms with Crippen molar-refractivity contribution in [3.05, 3.63) is 222 Å². The van der Waals surface area contributed by atoms with E-state index in [4.69, 9.17) is 28.9 Å². The van der Waals surface area contributed by atoms with Crippen LogP contribution in [0.1, 0.15) is 64.5 Å². The number of methoxy groups -OCH3 is 4. The molecule has 0 spiro atoms. The molecule has 0 aliphatic carbocycles. The van der Waals surface area contributed by atoms with E-state index in [0.717, 1.165) is 151 Å². The van der Waals surface area contributed by atoms with Crippen LogP contribution in [0, 0.1) is 11.8 Å². The average Bonchev–Trinajstić information content (AvgIpc) is 1.60. The van der Waals surface area contributed by atoms with Crippen molar-refractivity contribution in [2.75, 3.05) is 106 Å². The predicted molar refractivity (Wildman–Crippen MR) is 496 cm³/mol. The highest BCUT2D eigenvalue weighted by Crippen LogP contribution is 2.37. The molecule has 3 unspecified atom stereocenters. The number of amidine groups is 1. The Hall–Kier alpha value is -14.8. The molecule has 1 saturated heterocycles. The Labute approximate surface area is 745 Å². The van der Waals surface area contributed by atoms with E-state index in [1.54, 1.807) is 70.6 Å². The Morgan fingerprint density at radius 2 is 0.831 bits per heavy atom. The monoisotopic (exact) mass is 1770 g/mol. The average molecular weight is 1780 g/mol. The summed E-state index contributed by atoms with van der Waals surface area (Å²) in [4.78, 5) is 162. The largest absolute Gasteiger partial charge is 0.497 e. The third-order valence-corrected chi connectivity index (χ3v) is 24.9. The minimum atomic E-state index is -0.548. The van der Waals surface area contributed by atoms with Crippen LogP contribution >= 0.6 is 0 Å². The minimum Gasteiger partial charge on any atom is -0.497 e. The number of aliphatic imine (C=N–C) groups is 1. The summed E-state index contributed by atoms with van der Waals surface area (Å²) in [5.41, 5.74) is 6.48. The first-order chi connectivity index (χ1) is 62.5. The summed E-state index contributed by atoms with van der Waals surface area (Å²) in [6, 6.07) is 40.5. The number of aromatic nitrogens is 16. The molecule has 3 atom stereocenters. The number of hydrogen-bond acceptors (Lipinski definition) is 24. The Kier molecular flexibility index (Phi) is 24.6. The van der Waals surface area contributed by atoms with Crippen LogP contribution in [0.15, 0.2) is 171 Å². The highest BCUT2D eigenvalue weighted by Gasteiger charge is 2.54. The lowest BCUT2D eigenvalue weighted by molar-refractivity contribution is -0.545. The fourth-order valence-electron chi connectivity index (χ4n) is 18.1. The van der Waals surface area contributed by atoms with Gasteiger partial charge >= 0.3 is 34.7 Å². The standard InChI is InChI=1S/C19H23N5O3.C19H23N5O2.C18H21N5O3.C18H22N5O3.C17H19N5O3/c1-4-23-17(25)15-16(21(2)19(23)26)20-18-22(10-5-11-24(15)18)12-13-6-8-14(27-3)9-7-13;1-3-10-24-17(25)15-16(21(2)19(24)26)20-18-22(11-7-12-23(15)18)13-14-8-5-4-6-9-14;1-11-9-22(12-5-7-13(26-4)8-6-12)17-19-15-14(23(17)10-11)16(24)21(3)18(25)20(15)2;1-11-9-22(12-6-5-7-13(8-12)26-4)17-19-15-14(23(17)10-11)16(24)21(3)18(25)20(15)2;1-19-14-13(15(23)20(2)17(19)24)22-10-4-9-21(16(22)18-14)11-5-7-12(25-3)8-6-11/h6-9H,4-5,10-12H2,1-3H3;4-6,8-9H,3,7,10-13H2,1-2H3;5-8,11H,9-10H2,1-4H3;5-8,11,14H,9-10H2,1-4H3;5-8H,4,9-10H2,1-3H3/q;;;+1;. The van der Waals surface area contributed by atoms with Crippen LogP contribution in [0.5, 0.6) is 23.0 Å². The Bertz CT molecular complexity index is 7180. The highest BCUT2D eigenvalue weighted by molar-refractivity contribution is 6.24. The molecule has 13 aromatic rings. The van der Waals surface area contributed by atoms with E-state index in [-0.39, 0.29) is 56.9 Å². The number of guanidine groups is 1. The second-order valence-corrected chi connectivity index (χ2v) is 33.5. The number of amides is 3. The molecule has 15 heterocycles. The lowest BCUT2D eigenvalue weighted by Crippen LogP contribution is -2.62. The molecule has 39 heteroatoms. The number of rotatable bonds is 14. The Balaban J connectivity index is 0.000000119. The number of anilines is 7. The predicted octanol–water partition coefficient (Wildman–Crippen LogP) is 6.09. The van der Waals surface area contributed by atoms with E-state index < -0.39 is 6.04 Å². The van der Waals surface area contributed by atoms with Crippen molar-refractivity contribution in [1.82, 2.24) is 84.5 Å². The number of carbonyl (C=O) groups is 2. The van der Waals surface area contributed by atoms with Gasteiger partial charge in [0.05, 0.1) is 41.5 Å². The molecule has 3 amide bonds. The first-order valence-corrected chi connectivity index (χ1v) is 43.4. The first kappa shape index (κ1) is 88.6. The summed E-state index contributed by atoms with van der Waals surface area (Å²) in [5.74, 6) is 7.66. The first-order valence-electron chi connectivity index (χ1n) is 43.4. The molecule has 7 aliphatic heterocycles. The van der Waals surface area contributed by atoms with Gasteiger partial charge in [-0.05, 0) is 122 Å². The van der Waals surface area contributed by atoms with Crippen molar-refractivity contribution in [2.45, 2.75) is 112 Å². The number of benzene rings is 5. The maximum Gasteiger partial charge on any atom is 0.397 e. The molecule has 0 bridgehead atoms. The summed E-state index contributed by atoms with van der Waals surface area (Å²) in [7, 11) is 19.4. The molecule has 8 aromatic heterocycles. The second-order valence-electron chi connectivity index (χ2n) is 33.5. The minimum absolute atomic E-state index is 0.231. The highest BCUT2D eigenvalue weighted by atomic mass is 16.5. The zero-order valence-electron chi connectivity index (χ0n) is 76.0. The van der Waals surface area contributed by atoms with Crippen molar-refractivity contribution < 1.29 is 33.1 Å². The van der Waals surface area contributed by atoms with Crippen molar-refractivity contribution in [1.29, 1.82) is 0 Å². The van der Waals surface area contributed by atoms with Crippen LogP contribution in [0.3, 0.4) is 0 Å². The normalized spacial score (nSPS) is 16.8. The molecule has 39 nitrogen and oxygen atoms in total. The van der Waals surface area contributed by atoms with Crippen LogP contribution in [-0.4, -0.2) is 201 Å². The molecular formula is C91H108N25O14+. The number of fused-ring (bicyclic) bond motifs is 14. The van der Waals surface area contributed by atoms with Crippen molar-refractivity contribution in [2.24, 2.45) is 59.1 Å². The fraction of sp³-hybridized carbons (Fsp3) is 0.407. The lowest BCUT2D eigenvalue weighted by atomic mass is 10.1. The van der Waals surface area contributed by atoms with Gasteiger partial charge in [0, 0.05) is 158 Å². The second kappa shape index (κ2) is 36.1. The maximum absolute atomic E-state index is 13.0. The van der Waals surface area contributed by atoms with Crippen LogP contribution in [0.25, 0.3) is 44.7 Å². The van der Waals surface area contributed by atoms with Gasteiger partial charge in [-0.3, -0.25) is 70.3 Å². The van der Waals surface area contributed by atoms with Gasteiger partial charge in [0.15, 0.2) is 44.7 Å². The number of imidazole rings is 4. The van der Waals surface area contributed by atoms with E-state index in [2.05, 4.69) is 65.4 Å². The summed E-state index contributed by atoms with van der Waals surface area (Å²) in [5, 5.41) is 0. The van der Waals surface area contributed by atoms with Gasteiger partial charge in [0.2, 0.25) is 35.7 Å². The number of nitrogens with zero attached hydrogens (tertiary/aromatic N) is 25. The molecular weight excluding hydrogens is 1670 g/mol. The number of likely N-dealkylation sites (N-methyl/N-ethyl adjacent to an activating group) is 2. The van der Waals surface area contributed by atoms with Gasteiger partial charge in [-0.1, -0.05) is 74.3 Å². The van der Waals surface area contributed by atoms with Crippen molar-refractivity contribution >= 4 is 109 Å². The Morgan fingerprint density at radius 1 is 0.392 bits per heavy atom. The van der Waals surface area contributed by atoms with E-state index in [1.165, 1.54) is 63.9 Å². The number of hydrogen-bond donors (Lipinski definition) is 0. The molecule has 20 rings (SSSR count). The van der Waals surface area contributed by atoms with Crippen LogP contribution in [0.4, 0.5) is 45.7 Å². The fourth-order valence-corrected chi connectivity index (χ4v) is 18.1. The topological polar surface area (TPSA) is 356 Å². The van der Waals surface area contributed by atoms with Crippen LogP contribution < -0.4 is 88.4 Å². The summed E-state index contributed by atoms with van der Waals surface area (Å²) < 4.78 is 41.4. The van der Waals surface area contributed by atoms with Gasteiger partial charge in [0.25, 0.3) is 28.1 Å². The third-order valence-electron chi connectivity index (χ3n) is 24.9. The zero-order valence-corrected chi connectivity index (χ0v) is 76.0. The molecule has 130 heavy (non-hydrogen) atoms. The molecule has 1 fully saturated rings. The van der Waals surface area contributed by atoms with E-state index in [0.29, 0.717) is 113 Å². The van der Waals surface area contributed by atoms with E-state index in [1.807, 2.05) is 145 Å². The number of carbonyl (C=O) groups excluding carboxylic acids is 2. The summed E-state index contributed by atoms with van der Waals surface area (Å²) in [6.07, 6.45) is 3.49. The zero-order chi connectivity index (χ0) is 92.3. The van der Waals surface area contributed by atoms with Crippen LogP contribution in [0.2, 0.25) is 0 Å². The molecule has 7 aliphatic rings. The summed E-state index contributed by atoms with van der Waals surface area (Å²) in [6.45, 7) is 17.9. The molecule has 5 aromatic carbocycles. The van der Waals surface area contributed by atoms with Gasteiger partial charge in [0.1, 0.15) is 28.7 Å². The lowest BCUT2D eigenvalue weighted by Gasteiger charge is -2.33. The third kappa shape index (κ3) is 15.8.